The van der Waals surface area contributed by atoms with E-state index in [1.54, 1.807) is 0 Å². The maximum absolute atomic E-state index is 7.11. The molecule has 2 aromatic heterocycles. The molecule has 12 aromatic rings. The van der Waals surface area contributed by atoms with Crippen molar-refractivity contribution in [2.45, 2.75) is 78.6 Å². The van der Waals surface area contributed by atoms with Gasteiger partial charge in [-0.2, -0.15) is 0 Å². The lowest BCUT2D eigenvalue weighted by Gasteiger charge is -2.31. The van der Waals surface area contributed by atoms with Crippen molar-refractivity contribution in [3.63, 3.8) is 0 Å². The standard InChI is InChI=1S/C78H70N4OSi/c1-76(2,3)54-43-44-79-72(48-54)82-68-41-42-71-74(65-33-19-22-38-70(65)84(71,60-29-15-11-16-30-60)61-31-17-12-18-32-61)73(68)64-40-39-59(50-69(64)82)83-58-28-23-27-57(49-58)80-51-81(67-37-21-20-36-66(67)80)75-62(52-25-13-10-14-26-52)34-24-35-63(75)53-45-55(77(4,5)6)47-56(46-53)78(7,8)9/h10-50H,51H2,1-9H3. The number of hydrogen-bond donors (Lipinski definition) is 0. The van der Waals surface area contributed by atoms with E-state index < -0.39 is 8.07 Å². The van der Waals surface area contributed by atoms with Crippen molar-refractivity contribution in [3.8, 4) is 50.7 Å². The topological polar surface area (TPSA) is 33.5 Å². The van der Waals surface area contributed by atoms with Crippen molar-refractivity contribution >= 4 is 73.4 Å². The molecule has 0 atom stereocenters. The lowest BCUT2D eigenvalue weighted by atomic mass is 9.78. The highest BCUT2D eigenvalue weighted by molar-refractivity contribution is 7.22. The van der Waals surface area contributed by atoms with E-state index in [4.69, 9.17) is 9.72 Å². The quantitative estimate of drug-likeness (QED) is 0.135. The molecule has 0 spiro atoms. The van der Waals surface area contributed by atoms with Crippen LogP contribution in [-0.2, 0) is 16.2 Å². The van der Waals surface area contributed by atoms with Crippen molar-refractivity contribution in [2.75, 3.05) is 16.5 Å². The molecule has 0 radical (unpaired) electrons. The van der Waals surface area contributed by atoms with Crippen molar-refractivity contribution < 1.29 is 4.74 Å². The highest BCUT2D eigenvalue weighted by Gasteiger charge is 2.49. The summed E-state index contributed by atoms with van der Waals surface area (Å²) in [4.78, 5) is 10.1. The normalized spacial score (nSPS) is 13.8. The van der Waals surface area contributed by atoms with Gasteiger partial charge in [0.2, 0.25) is 0 Å². The number of para-hydroxylation sites is 3. The molecule has 5 nitrogen and oxygen atoms in total. The minimum absolute atomic E-state index is 0.0373. The predicted octanol–water partition coefficient (Wildman–Crippen LogP) is 17.8. The summed E-state index contributed by atoms with van der Waals surface area (Å²) in [5, 5.41) is 7.99. The van der Waals surface area contributed by atoms with Gasteiger partial charge >= 0.3 is 0 Å². The number of fused-ring (bicyclic) bond motifs is 8. The summed E-state index contributed by atoms with van der Waals surface area (Å²) in [6.45, 7) is 21.3. The van der Waals surface area contributed by atoms with Crippen LogP contribution in [0.5, 0.6) is 11.5 Å². The third-order valence-corrected chi connectivity index (χ3v) is 22.5. The Hall–Kier alpha value is -9.23. The summed E-state index contributed by atoms with van der Waals surface area (Å²) < 4.78 is 9.49. The van der Waals surface area contributed by atoms with Crippen LogP contribution in [0.15, 0.2) is 249 Å². The Morgan fingerprint density at radius 3 is 1.65 bits per heavy atom. The fraction of sp³-hybridized carbons (Fsp3) is 0.167. The van der Waals surface area contributed by atoms with E-state index in [0.717, 1.165) is 50.8 Å². The van der Waals surface area contributed by atoms with Crippen LogP contribution in [0.2, 0.25) is 0 Å². The first-order valence-electron chi connectivity index (χ1n) is 29.6. The molecule has 0 bridgehead atoms. The van der Waals surface area contributed by atoms with E-state index in [-0.39, 0.29) is 16.2 Å². The fourth-order valence-corrected chi connectivity index (χ4v) is 18.6. The largest absolute Gasteiger partial charge is 0.457 e. The second-order valence-corrected chi connectivity index (χ2v) is 29.8. The van der Waals surface area contributed by atoms with Crippen LogP contribution in [0.3, 0.4) is 0 Å². The summed E-state index contributed by atoms with van der Waals surface area (Å²) in [6.07, 6.45) is 1.97. The average molecular weight is 1110 g/mol. The molecular weight excluding hydrogens is 1040 g/mol. The van der Waals surface area contributed by atoms with Crippen LogP contribution in [0, 0.1) is 0 Å². The maximum Gasteiger partial charge on any atom is 0.180 e. The molecule has 0 amide bonds. The highest BCUT2D eigenvalue weighted by Crippen LogP contribution is 2.51. The lowest BCUT2D eigenvalue weighted by molar-refractivity contribution is 0.483. The monoisotopic (exact) mass is 1110 g/mol. The van der Waals surface area contributed by atoms with Gasteiger partial charge in [0.25, 0.3) is 0 Å². The zero-order valence-electron chi connectivity index (χ0n) is 49.6. The number of anilines is 4. The summed E-state index contributed by atoms with van der Waals surface area (Å²) in [7, 11) is -2.77. The summed E-state index contributed by atoms with van der Waals surface area (Å²) in [5.41, 5.74) is 17.8. The van der Waals surface area contributed by atoms with Crippen molar-refractivity contribution in [3.05, 3.63) is 266 Å². The number of nitrogens with zero attached hydrogens (tertiary/aromatic N) is 4. The number of ether oxygens (including phenoxy) is 1. The first-order chi connectivity index (χ1) is 40.6. The van der Waals surface area contributed by atoms with Gasteiger partial charge in [-0.1, -0.05) is 238 Å². The zero-order chi connectivity index (χ0) is 57.7. The van der Waals surface area contributed by atoms with Crippen LogP contribution >= 0.6 is 0 Å². The second-order valence-electron chi connectivity index (χ2n) is 26.0. The molecule has 0 saturated carbocycles. The van der Waals surface area contributed by atoms with Gasteiger partial charge in [0.05, 0.1) is 28.1 Å². The molecule has 6 heteroatoms. The first kappa shape index (κ1) is 52.8. The molecule has 2 aliphatic heterocycles. The minimum Gasteiger partial charge on any atom is -0.457 e. The van der Waals surface area contributed by atoms with Gasteiger partial charge in [0, 0.05) is 45.9 Å². The van der Waals surface area contributed by atoms with Gasteiger partial charge in [-0.15, -0.1) is 0 Å². The van der Waals surface area contributed by atoms with E-state index in [1.165, 1.54) is 81.9 Å². The van der Waals surface area contributed by atoms with Crippen molar-refractivity contribution in [2.24, 2.45) is 0 Å². The second kappa shape index (κ2) is 20.0. The van der Waals surface area contributed by atoms with Gasteiger partial charge in [-0.25, -0.2) is 4.98 Å². The van der Waals surface area contributed by atoms with E-state index in [1.807, 2.05) is 6.20 Å². The molecule has 0 N–H and O–H groups in total. The van der Waals surface area contributed by atoms with Crippen LogP contribution < -0.4 is 35.3 Å². The Balaban J connectivity index is 0.900. The van der Waals surface area contributed by atoms with Gasteiger partial charge < -0.3 is 14.5 Å². The third kappa shape index (κ3) is 8.77. The Kier molecular flexibility index (Phi) is 12.6. The smallest absolute Gasteiger partial charge is 0.180 e. The van der Waals surface area contributed by atoms with Gasteiger partial charge in [0.15, 0.2) is 8.07 Å². The lowest BCUT2D eigenvalue weighted by Crippen LogP contribution is -2.72. The minimum atomic E-state index is -2.77. The summed E-state index contributed by atoms with van der Waals surface area (Å²) >= 11 is 0. The molecule has 4 heterocycles. The SMILES string of the molecule is CC(C)(C)c1cc(-c2cccc(-c3ccccc3)c2N2CN(c3cccc(Oc4ccc5c6c7c(ccc6n(-c6cc(C(C)(C)C)ccn6)c5c4)[Si](c4ccccc4)(c4ccccc4)c4ccccc4-7)c3)c3ccccc32)cc(C(C)(C)C)c1. The van der Waals surface area contributed by atoms with E-state index in [2.05, 4.69) is 319 Å². The molecule has 84 heavy (non-hydrogen) atoms. The van der Waals surface area contributed by atoms with Gasteiger partial charge in [-0.3, -0.25) is 4.57 Å². The number of rotatable bonds is 9. The van der Waals surface area contributed by atoms with Crippen molar-refractivity contribution in [1.82, 2.24) is 9.55 Å². The molecule has 14 rings (SSSR count). The third-order valence-electron chi connectivity index (χ3n) is 17.6. The molecule has 2 aliphatic rings. The number of pyridine rings is 1. The summed E-state index contributed by atoms with van der Waals surface area (Å²) in [6, 6.07) is 90.1. The van der Waals surface area contributed by atoms with Crippen LogP contribution in [0.25, 0.3) is 61.0 Å². The van der Waals surface area contributed by atoms with E-state index in [9.17, 15) is 0 Å². The Morgan fingerprint density at radius 2 is 0.988 bits per heavy atom. The Labute approximate surface area is 496 Å². The molecule has 0 saturated heterocycles. The number of aromatic nitrogens is 2. The van der Waals surface area contributed by atoms with E-state index >= 15 is 0 Å². The Bertz CT molecular complexity index is 4430. The highest BCUT2D eigenvalue weighted by atomic mass is 28.3. The maximum atomic E-state index is 7.11. The van der Waals surface area contributed by atoms with Crippen LogP contribution in [-0.4, -0.2) is 24.3 Å². The first-order valence-corrected chi connectivity index (χ1v) is 31.6. The molecule has 10 aromatic carbocycles. The molecule has 0 fully saturated rings. The van der Waals surface area contributed by atoms with Gasteiger partial charge in [0.1, 0.15) is 24.0 Å². The predicted molar refractivity (Wildman–Crippen MR) is 357 cm³/mol. The van der Waals surface area contributed by atoms with E-state index in [0.29, 0.717) is 6.67 Å². The molecule has 0 aliphatic carbocycles. The van der Waals surface area contributed by atoms with Crippen LogP contribution in [0.1, 0.15) is 79.0 Å². The number of benzene rings is 10. The molecule has 0 unspecified atom stereocenters. The number of hydrogen-bond acceptors (Lipinski definition) is 4. The van der Waals surface area contributed by atoms with Gasteiger partial charge in [-0.05, 0) is 131 Å². The summed E-state index contributed by atoms with van der Waals surface area (Å²) in [5.74, 6) is 2.39. The average Bonchev–Trinajstić information content (AvgIpc) is 3.49. The molecular formula is C78H70N4OSi. The Morgan fingerprint density at radius 1 is 0.417 bits per heavy atom. The zero-order valence-corrected chi connectivity index (χ0v) is 50.6. The van der Waals surface area contributed by atoms with Crippen LogP contribution in [0.4, 0.5) is 22.7 Å². The fourth-order valence-electron chi connectivity index (χ4n) is 13.4. The van der Waals surface area contributed by atoms with Crippen molar-refractivity contribution in [1.29, 1.82) is 0 Å². The molecule has 412 valence electrons.